The van der Waals surface area contributed by atoms with Gasteiger partial charge in [0.15, 0.2) is 0 Å². The van der Waals surface area contributed by atoms with Crippen LogP contribution < -0.4 is 17.0 Å². The molecule has 4 nitrogen and oxygen atoms in total. The molecule has 0 aromatic carbocycles. The SMILES string of the molecule is C=CCN(CC=C)[P+](N1CCCCC1)(N1CCCCC1)N1CCCCC1.[Br-]. The number of piperidine rings is 3. The maximum absolute atomic E-state index is 4.12. The van der Waals surface area contributed by atoms with Gasteiger partial charge in [0, 0.05) is 39.3 Å². The molecule has 0 unspecified atom stereocenters. The molecule has 0 radical (unpaired) electrons. The largest absolute Gasteiger partial charge is 1.00 e. The molecule has 156 valence electrons. The number of hydrogen-bond acceptors (Lipinski definition) is 4. The number of hydrogen-bond donors (Lipinski definition) is 0. The molecule has 0 saturated carbocycles. The van der Waals surface area contributed by atoms with Gasteiger partial charge >= 0.3 is 7.87 Å². The predicted molar refractivity (Wildman–Crippen MR) is 115 cm³/mol. The van der Waals surface area contributed by atoms with Gasteiger partial charge in [0.25, 0.3) is 0 Å². The van der Waals surface area contributed by atoms with E-state index >= 15 is 0 Å². The van der Waals surface area contributed by atoms with Crippen LogP contribution in [0.3, 0.4) is 0 Å². The molecule has 27 heavy (non-hydrogen) atoms. The molecule has 0 aromatic rings. The highest BCUT2D eigenvalue weighted by Gasteiger charge is 2.61. The van der Waals surface area contributed by atoms with Crippen molar-refractivity contribution in [2.75, 3.05) is 52.4 Å². The minimum Gasteiger partial charge on any atom is -1.00 e. The third-order valence-electron chi connectivity index (χ3n) is 6.19. The van der Waals surface area contributed by atoms with Crippen molar-refractivity contribution in [2.24, 2.45) is 0 Å². The molecule has 0 aliphatic carbocycles. The maximum Gasteiger partial charge on any atom is 0.309 e. The Balaban J connectivity index is 0.00000261. The molecule has 0 atom stereocenters. The van der Waals surface area contributed by atoms with Gasteiger partial charge in [0.2, 0.25) is 0 Å². The Hall–Kier alpha value is 0.230. The van der Waals surface area contributed by atoms with Crippen LogP contribution in [0.25, 0.3) is 0 Å². The molecular formula is C21H40BrN4P. The summed E-state index contributed by atoms with van der Waals surface area (Å²) in [6, 6.07) is 0. The van der Waals surface area contributed by atoms with Crippen LogP contribution in [0.5, 0.6) is 0 Å². The van der Waals surface area contributed by atoms with Crippen molar-refractivity contribution in [1.82, 2.24) is 18.7 Å². The highest BCUT2D eigenvalue weighted by molar-refractivity contribution is 7.66. The summed E-state index contributed by atoms with van der Waals surface area (Å²) in [5, 5.41) is 0. The topological polar surface area (TPSA) is 13.0 Å². The number of nitrogens with zero attached hydrogens (tertiary/aromatic N) is 4. The van der Waals surface area contributed by atoms with E-state index in [1.165, 1.54) is 97.1 Å². The van der Waals surface area contributed by atoms with Crippen LogP contribution in [0.1, 0.15) is 57.8 Å². The summed E-state index contributed by atoms with van der Waals surface area (Å²) < 4.78 is 11.6. The highest BCUT2D eigenvalue weighted by Crippen LogP contribution is 2.71. The van der Waals surface area contributed by atoms with Crippen molar-refractivity contribution < 1.29 is 17.0 Å². The third-order valence-corrected chi connectivity index (χ3v) is 10.8. The van der Waals surface area contributed by atoms with Gasteiger partial charge in [0.05, 0.1) is 13.1 Å². The summed E-state index contributed by atoms with van der Waals surface area (Å²) >= 11 is 0. The molecule has 6 heteroatoms. The molecular weight excluding hydrogens is 419 g/mol. The van der Waals surface area contributed by atoms with Gasteiger partial charge in [-0.25, -0.2) is 0 Å². The number of rotatable bonds is 8. The molecule has 3 saturated heterocycles. The summed E-state index contributed by atoms with van der Waals surface area (Å²) in [6.45, 7) is 17.8. The molecule has 0 aromatic heterocycles. The molecule has 3 aliphatic heterocycles. The lowest BCUT2D eigenvalue weighted by Crippen LogP contribution is -3.00. The number of halogens is 1. The van der Waals surface area contributed by atoms with Crippen molar-refractivity contribution in [3.63, 3.8) is 0 Å². The van der Waals surface area contributed by atoms with Crippen LogP contribution >= 0.6 is 7.87 Å². The van der Waals surface area contributed by atoms with E-state index in [1.54, 1.807) is 0 Å². The molecule has 0 amide bonds. The molecule has 0 spiro atoms. The van der Waals surface area contributed by atoms with Crippen LogP contribution in [0.15, 0.2) is 25.3 Å². The van der Waals surface area contributed by atoms with Crippen molar-refractivity contribution >= 4 is 7.87 Å². The first-order valence-electron chi connectivity index (χ1n) is 11.0. The van der Waals surface area contributed by atoms with E-state index in [0.717, 1.165) is 13.1 Å². The Kier molecular flexibility index (Phi) is 10.5. The van der Waals surface area contributed by atoms with Crippen LogP contribution in [-0.2, 0) is 0 Å². The van der Waals surface area contributed by atoms with E-state index in [2.05, 4.69) is 44.0 Å². The lowest BCUT2D eigenvalue weighted by atomic mass is 10.2. The van der Waals surface area contributed by atoms with Gasteiger partial charge < -0.3 is 17.0 Å². The molecule has 3 heterocycles. The van der Waals surface area contributed by atoms with E-state index in [4.69, 9.17) is 0 Å². The van der Waals surface area contributed by atoms with Gasteiger partial charge in [-0.15, -0.1) is 31.8 Å². The zero-order valence-electron chi connectivity index (χ0n) is 17.2. The fourth-order valence-corrected chi connectivity index (χ4v) is 10.4. The van der Waals surface area contributed by atoms with Crippen LogP contribution in [-0.4, -0.2) is 71.0 Å². The van der Waals surface area contributed by atoms with Gasteiger partial charge in [-0.3, -0.25) is 0 Å². The summed E-state index contributed by atoms with van der Waals surface area (Å²) in [7, 11) is -1.67. The first-order chi connectivity index (χ1) is 12.8. The van der Waals surface area contributed by atoms with Crippen molar-refractivity contribution in [2.45, 2.75) is 57.8 Å². The Morgan fingerprint density at radius 3 is 1.15 bits per heavy atom. The minimum absolute atomic E-state index is 0. The fourth-order valence-electron chi connectivity index (χ4n) is 5.10. The van der Waals surface area contributed by atoms with Gasteiger partial charge in [-0.2, -0.15) is 0 Å². The van der Waals surface area contributed by atoms with Crippen molar-refractivity contribution in [1.29, 1.82) is 0 Å². The van der Waals surface area contributed by atoms with E-state index < -0.39 is 7.87 Å². The lowest BCUT2D eigenvalue weighted by Gasteiger charge is -2.53. The lowest BCUT2D eigenvalue weighted by molar-refractivity contribution is -0.00000587. The van der Waals surface area contributed by atoms with E-state index in [-0.39, 0.29) is 17.0 Å². The highest BCUT2D eigenvalue weighted by atomic mass is 79.9. The zero-order chi connectivity index (χ0) is 18.2. The summed E-state index contributed by atoms with van der Waals surface area (Å²) in [6.07, 6.45) is 16.6. The first-order valence-corrected chi connectivity index (χ1v) is 12.6. The average molecular weight is 459 g/mol. The standard InChI is InChI=1S/C21H40N4P.BrH/c1-3-14-22(15-4-2)26(23-16-8-5-9-17-23,24-18-10-6-11-19-24)25-20-12-7-13-21-25;/h3-4H,1-2,5-21H2;1H/q+1;/p-1. The van der Waals surface area contributed by atoms with Crippen LogP contribution in [0.2, 0.25) is 0 Å². The summed E-state index contributed by atoms with van der Waals surface area (Å²) in [5.74, 6) is 0. The summed E-state index contributed by atoms with van der Waals surface area (Å²) in [5.41, 5.74) is 0. The molecule has 0 N–H and O–H groups in total. The molecule has 3 rings (SSSR count). The van der Waals surface area contributed by atoms with E-state index in [1.807, 2.05) is 0 Å². The van der Waals surface area contributed by atoms with Gasteiger partial charge in [-0.1, -0.05) is 31.4 Å². The quantitative estimate of drug-likeness (QED) is 0.406. The Morgan fingerprint density at radius 1 is 0.593 bits per heavy atom. The van der Waals surface area contributed by atoms with Gasteiger partial charge in [-0.05, 0) is 38.5 Å². The second kappa shape index (κ2) is 12.0. The third kappa shape index (κ3) is 5.24. The Morgan fingerprint density at radius 2 is 0.889 bits per heavy atom. The van der Waals surface area contributed by atoms with Crippen molar-refractivity contribution in [3.8, 4) is 0 Å². The fraction of sp³-hybridized carbons (Fsp3) is 0.810. The monoisotopic (exact) mass is 458 g/mol. The van der Waals surface area contributed by atoms with Gasteiger partial charge in [0.1, 0.15) is 0 Å². The molecule has 3 aliphatic rings. The van der Waals surface area contributed by atoms with Crippen LogP contribution in [0.4, 0.5) is 0 Å². The van der Waals surface area contributed by atoms with E-state index in [0.29, 0.717) is 0 Å². The zero-order valence-corrected chi connectivity index (χ0v) is 19.7. The maximum atomic E-state index is 4.12. The van der Waals surface area contributed by atoms with Crippen molar-refractivity contribution in [3.05, 3.63) is 25.3 Å². The average Bonchev–Trinajstić information content (AvgIpc) is 2.71. The predicted octanol–water partition coefficient (Wildman–Crippen LogP) is 1.80. The first kappa shape index (κ1) is 23.5. The molecule has 0 bridgehead atoms. The summed E-state index contributed by atoms with van der Waals surface area (Å²) in [4.78, 5) is 0. The Labute approximate surface area is 179 Å². The van der Waals surface area contributed by atoms with Crippen LogP contribution in [0, 0.1) is 0 Å². The molecule has 3 fully saturated rings. The second-order valence-corrected chi connectivity index (χ2v) is 11.4. The second-order valence-electron chi connectivity index (χ2n) is 8.03. The smallest absolute Gasteiger partial charge is 0.309 e. The Bertz CT molecular complexity index is 388. The normalized spacial score (nSPS) is 23.7. The van der Waals surface area contributed by atoms with E-state index in [9.17, 15) is 0 Å². The minimum atomic E-state index is -1.67.